The number of hydrogen-bond acceptors (Lipinski definition) is 5. The normalized spacial score (nSPS) is 22.6. The fraction of sp³-hybridized carbons (Fsp3) is 0.312. The van der Waals surface area contributed by atoms with Crippen molar-refractivity contribution < 1.29 is 29.3 Å². The van der Waals surface area contributed by atoms with E-state index in [0.717, 1.165) is 0 Å². The van der Waals surface area contributed by atoms with Gasteiger partial charge in [-0.15, -0.1) is 0 Å². The summed E-state index contributed by atoms with van der Waals surface area (Å²) in [5.41, 5.74) is -1.15. The first-order chi connectivity index (χ1) is 11.4. The number of halogens is 1. The number of carboxylic acid groups (broad SMARTS) is 1. The Balaban J connectivity index is 2.14. The van der Waals surface area contributed by atoms with Crippen LogP contribution >= 0.6 is 11.6 Å². The third-order valence-electron chi connectivity index (χ3n) is 4.15. The highest BCUT2D eigenvalue weighted by Crippen LogP contribution is 2.46. The van der Waals surface area contributed by atoms with Crippen LogP contribution in [0.25, 0.3) is 5.76 Å². The molecule has 1 heterocycles. The van der Waals surface area contributed by atoms with Gasteiger partial charge in [0.15, 0.2) is 5.60 Å². The maximum atomic E-state index is 12.9. The summed E-state index contributed by atoms with van der Waals surface area (Å²) >= 11 is 5.97. The zero-order valence-corrected chi connectivity index (χ0v) is 13.2. The second kappa shape index (κ2) is 5.92. The van der Waals surface area contributed by atoms with Crippen LogP contribution in [0.3, 0.4) is 0 Å². The fourth-order valence-electron chi connectivity index (χ4n) is 3.12. The van der Waals surface area contributed by atoms with E-state index < -0.39 is 41.1 Å². The summed E-state index contributed by atoms with van der Waals surface area (Å²) < 4.78 is 5.68. The Morgan fingerprint density at radius 3 is 2.75 bits per heavy atom. The summed E-state index contributed by atoms with van der Waals surface area (Å²) in [6.07, 6.45) is 0.988. The molecule has 1 aromatic rings. The van der Waals surface area contributed by atoms with Crippen molar-refractivity contribution in [3.63, 3.8) is 0 Å². The molecule has 8 heteroatoms. The molecule has 0 bridgehead atoms. The van der Waals surface area contributed by atoms with Gasteiger partial charge in [-0.25, -0.2) is 0 Å². The van der Waals surface area contributed by atoms with E-state index in [4.69, 9.17) is 21.4 Å². The highest BCUT2D eigenvalue weighted by molar-refractivity contribution is 6.31. The lowest BCUT2D eigenvalue weighted by Crippen LogP contribution is -2.45. The van der Waals surface area contributed by atoms with Crippen LogP contribution < -0.4 is 5.32 Å². The monoisotopic (exact) mass is 351 g/mol. The van der Waals surface area contributed by atoms with Gasteiger partial charge in [0.05, 0.1) is 0 Å². The maximum absolute atomic E-state index is 12.9. The average Bonchev–Trinajstić information content (AvgIpc) is 3.02. The van der Waals surface area contributed by atoms with Gasteiger partial charge < -0.3 is 20.3 Å². The van der Waals surface area contributed by atoms with Crippen molar-refractivity contribution in [2.75, 3.05) is 13.2 Å². The first kappa shape index (κ1) is 16.5. The van der Waals surface area contributed by atoms with Gasteiger partial charge in [-0.05, 0) is 25.0 Å². The van der Waals surface area contributed by atoms with Crippen LogP contribution in [0.15, 0.2) is 23.8 Å². The van der Waals surface area contributed by atoms with E-state index >= 15 is 0 Å². The second-order valence-electron chi connectivity index (χ2n) is 5.60. The third kappa shape index (κ3) is 2.46. The quantitative estimate of drug-likeness (QED) is 0.709. The standard InChI is InChI=1S/C16H14ClNO6/c17-8-2-3-10-9(6-8)13(21)12(15(23)18-7-11(19)20)14(22)16(10)4-1-5-24-16/h2-3,6,21H,1,4-5,7H2,(H,18,23)(H,19,20)/t16-/m0/s1. The smallest absolute Gasteiger partial charge is 0.322 e. The maximum Gasteiger partial charge on any atom is 0.322 e. The molecular weight excluding hydrogens is 338 g/mol. The van der Waals surface area contributed by atoms with Gasteiger partial charge in [0.1, 0.15) is 17.9 Å². The molecule has 1 aliphatic heterocycles. The van der Waals surface area contributed by atoms with Gasteiger partial charge in [0.25, 0.3) is 5.91 Å². The molecule has 1 aliphatic carbocycles. The molecule has 3 N–H and O–H groups in total. The number of carbonyl (C=O) groups excluding carboxylic acids is 2. The number of rotatable bonds is 3. The van der Waals surface area contributed by atoms with Crippen molar-refractivity contribution in [2.24, 2.45) is 0 Å². The van der Waals surface area contributed by atoms with E-state index in [9.17, 15) is 19.5 Å². The largest absolute Gasteiger partial charge is 0.506 e. The number of ether oxygens (including phenoxy) is 1. The van der Waals surface area contributed by atoms with Crippen LogP contribution in [0.2, 0.25) is 5.02 Å². The minimum absolute atomic E-state index is 0.240. The van der Waals surface area contributed by atoms with Crippen molar-refractivity contribution in [1.29, 1.82) is 0 Å². The van der Waals surface area contributed by atoms with Crippen LogP contribution in [-0.4, -0.2) is 41.0 Å². The molecule has 0 saturated carbocycles. The van der Waals surface area contributed by atoms with Crippen LogP contribution in [-0.2, 0) is 24.7 Å². The molecule has 0 aromatic heterocycles. The number of carbonyl (C=O) groups is 3. The Labute approximate surface area is 141 Å². The molecule has 1 aromatic carbocycles. The topological polar surface area (TPSA) is 113 Å². The number of Topliss-reactive ketones (excluding diaryl/α,β-unsaturated/α-hetero) is 1. The van der Waals surface area contributed by atoms with E-state index in [-0.39, 0.29) is 5.56 Å². The summed E-state index contributed by atoms with van der Waals surface area (Å²) in [7, 11) is 0. The summed E-state index contributed by atoms with van der Waals surface area (Å²) in [5.74, 6) is -3.42. The van der Waals surface area contributed by atoms with Gasteiger partial charge >= 0.3 is 5.97 Å². The van der Waals surface area contributed by atoms with Gasteiger partial charge in [-0.3, -0.25) is 14.4 Å². The number of carboxylic acids is 1. The summed E-state index contributed by atoms with van der Waals surface area (Å²) in [6, 6.07) is 4.63. The molecule has 126 valence electrons. The van der Waals surface area contributed by atoms with Crippen molar-refractivity contribution in [3.8, 4) is 0 Å². The zero-order chi connectivity index (χ0) is 17.5. The van der Waals surface area contributed by atoms with E-state index in [1.165, 1.54) is 6.07 Å². The molecular formula is C16H14ClNO6. The molecule has 1 fully saturated rings. The molecule has 2 aliphatic rings. The second-order valence-corrected chi connectivity index (χ2v) is 6.03. The number of aliphatic hydroxyl groups is 1. The number of benzene rings is 1. The molecule has 1 saturated heterocycles. The number of ketones is 1. The fourth-order valence-corrected chi connectivity index (χ4v) is 3.29. The number of aliphatic hydroxyl groups excluding tert-OH is 1. The first-order valence-corrected chi connectivity index (χ1v) is 7.67. The lowest BCUT2D eigenvalue weighted by Gasteiger charge is -2.34. The highest BCUT2D eigenvalue weighted by atomic mass is 35.5. The highest BCUT2D eigenvalue weighted by Gasteiger charge is 2.52. The van der Waals surface area contributed by atoms with Crippen molar-refractivity contribution in [2.45, 2.75) is 18.4 Å². The Morgan fingerprint density at radius 1 is 1.38 bits per heavy atom. The van der Waals surface area contributed by atoms with Crippen LogP contribution in [0, 0.1) is 0 Å². The number of amides is 1. The molecule has 7 nitrogen and oxygen atoms in total. The number of hydrogen-bond donors (Lipinski definition) is 3. The van der Waals surface area contributed by atoms with Crippen molar-refractivity contribution >= 4 is 35.0 Å². The van der Waals surface area contributed by atoms with E-state index in [0.29, 0.717) is 30.0 Å². The summed E-state index contributed by atoms with van der Waals surface area (Å²) in [4.78, 5) is 35.8. The first-order valence-electron chi connectivity index (χ1n) is 7.29. The molecule has 24 heavy (non-hydrogen) atoms. The Kier molecular flexibility index (Phi) is 4.06. The molecule has 3 rings (SSSR count). The molecule has 1 amide bonds. The Bertz CT molecular complexity index is 779. The molecule has 1 atom stereocenters. The number of aliphatic carboxylic acids is 1. The molecule has 0 unspecified atom stereocenters. The van der Waals surface area contributed by atoms with Crippen LogP contribution in [0.1, 0.15) is 24.0 Å². The van der Waals surface area contributed by atoms with Crippen LogP contribution in [0.5, 0.6) is 0 Å². The Hall–Kier alpha value is -2.38. The molecule has 0 radical (unpaired) electrons. The van der Waals surface area contributed by atoms with E-state index in [1.807, 2.05) is 0 Å². The zero-order valence-electron chi connectivity index (χ0n) is 12.5. The third-order valence-corrected chi connectivity index (χ3v) is 4.39. The van der Waals surface area contributed by atoms with Crippen molar-refractivity contribution in [3.05, 3.63) is 39.9 Å². The van der Waals surface area contributed by atoms with Crippen LogP contribution in [0.4, 0.5) is 0 Å². The van der Waals surface area contributed by atoms with Gasteiger partial charge in [0, 0.05) is 22.8 Å². The van der Waals surface area contributed by atoms with Gasteiger partial charge in [-0.2, -0.15) is 0 Å². The SMILES string of the molecule is O=C(O)CNC(=O)C1=C(O)c2cc(Cl)ccc2[C@@]2(CCCO2)C1=O. The summed E-state index contributed by atoms with van der Waals surface area (Å²) in [6.45, 7) is -0.322. The molecule has 1 spiro atoms. The van der Waals surface area contributed by atoms with Gasteiger partial charge in [0.2, 0.25) is 5.78 Å². The predicted molar refractivity (Wildman–Crippen MR) is 83.5 cm³/mol. The van der Waals surface area contributed by atoms with E-state index in [1.54, 1.807) is 12.1 Å². The Morgan fingerprint density at radius 2 is 2.12 bits per heavy atom. The number of nitrogens with one attached hydrogen (secondary N) is 1. The van der Waals surface area contributed by atoms with E-state index in [2.05, 4.69) is 5.32 Å². The lowest BCUT2D eigenvalue weighted by molar-refractivity contribution is -0.140. The predicted octanol–water partition coefficient (Wildman–Crippen LogP) is 1.40. The minimum Gasteiger partial charge on any atom is -0.506 e. The minimum atomic E-state index is -1.35. The summed E-state index contributed by atoms with van der Waals surface area (Å²) in [5, 5.41) is 21.5. The average molecular weight is 352 g/mol. The van der Waals surface area contributed by atoms with Gasteiger partial charge in [-0.1, -0.05) is 17.7 Å². The lowest BCUT2D eigenvalue weighted by atomic mass is 9.75. The number of fused-ring (bicyclic) bond motifs is 2. The van der Waals surface area contributed by atoms with Crippen molar-refractivity contribution in [1.82, 2.24) is 5.32 Å².